The van der Waals surface area contributed by atoms with Gasteiger partial charge in [0.25, 0.3) is 0 Å². The summed E-state index contributed by atoms with van der Waals surface area (Å²) in [5.74, 6) is -1.64. The van der Waals surface area contributed by atoms with Crippen LogP contribution in [-0.4, -0.2) is 17.7 Å². The number of carbonyl (C=O) groups is 1. The molecule has 2 rings (SSSR count). The zero-order valence-electron chi connectivity index (χ0n) is 11.6. The quantitative estimate of drug-likeness (QED) is 0.767. The van der Waals surface area contributed by atoms with Gasteiger partial charge in [-0.05, 0) is 24.3 Å². The number of amides is 2. The Labute approximate surface area is 141 Å². The summed E-state index contributed by atoms with van der Waals surface area (Å²) in [6, 6.07) is 6.67. The fraction of sp³-hybridized carbons (Fsp3) is 0.133. The Morgan fingerprint density at radius 2 is 1.91 bits per heavy atom. The Kier molecular flexibility index (Phi) is 5.76. The third kappa shape index (κ3) is 4.79. The molecule has 23 heavy (non-hydrogen) atoms. The van der Waals surface area contributed by atoms with Crippen LogP contribution in [0.5, 0.6) is 0 Å². The van der Waals surface area contributed by atoms with E-state index in [1.807, 2.05) is 0 Å². The molecule has 2 aromatic rings. The van der Waals surface area contributed by atoms with E-state index in [9.17, 15) is 18.7 Å². The van der Waals surface area contributed by atoms with E-state index in [4.69, 9.17) is 23.2 Å². The number of urea groups is 1. The largest absolute Gasteiger partial charge is 0.386 e. The summed E-state index contributed by atoms with van der Waals surface area (Å²) < 4.78 is 26.3. The minimum absolute atomic E-state index is 0.118. The predicted molar refractivity (Wildman–Crippen MR) is 84.8 cm³/mol. The standard InChI is InChI=1S/C15H12Cl2F2N2O2/c16-8-1-4-11(17)13(5-8)21-15(23)20-7-14(22)10-3-2-9(18)6-12(10)19/h1-6,14,22H,7H2,(H2,20,21,23)/t14-/m0/s1. The van der Waals surface area contributed by atoms with E-state index in [1.165, 1.54) is 12.1 Å². The summed E-state index contributed by atoms with van der Waals surface area (Å²) in [5.41, 5.74) is 0.173. The highest BCUT2D eigenvalue weighted by Crippen LogP contribution is 2.25. The molecule has 0 aliphatic carbocycles. The Morgan fingerprint density at radius 1 is 1.17 bits per heavy atom. The molecule has 0 saturated heterocycles. The van der Waals surface area contributed by atoms with E-state index in [1.54, 1.807) is 6.07 Å². The van der Waals surface area contributed by atoms with Crippen molar-refractivity contribution < 1.29 is 18.7 Å². The van der Waals surface area contributed by atoms with Crippen molar-refractivity contribution in [2.24, 2.45) is 0 Å². The summed E-state index contributed by atoms with van der Waals surface area (Å²) in [6.07, 6.45) is -1.32. The maximum atomic E-state index is 13.5. The summed E-state index contributed by atoms with van der Waals surface area (Å²) in [7, 11) is 0. The van der Waals surface area contributed by atoms with Gasteiger partial charge in [0.15, 0.2) is 0 Å². The zero-order valence-corrected chi connectivity index (χ0v) is 13.1. The van der Waals surface area contributed by atoms with Crippen molar-refractivity contribution in [2.75, 3.05) is 11.9 Å². The van der Waals surface area contributed by atoms with Gasteiger partial charge in [-0.15, -0.1) is 0 Å². The van der Waals surface area contributed by atoms with Gasteiger partial charge in [-0.2, -0.15) is 0 Å². The van der Waals surface area contributed by atoms with Gasteiger partial charge < -0.3 is 15.7 Å². The molecular formula is C15H12Cl2F2N2O2. The molecule has 2 amide bonds. The summed E-state index contributed by atoms with van der Waals surface area (Å²) >= 11 is 11.7. The van der Waals surface area contributed by atoms with Crippen LogP contribution < -0.4 is 10.6 Å². The molecule has 0 aliphatic heterocycles. The molecule has 8 heteroatoms. The number of hydrogen-bond acceptors (Lipinski definition) is 2. The van der Waals surface area contributed by atoms with Crippen LogP contribution in [0.3, 0.4) is 0 Å². The van der Waals surface area contributed by atoms with E-state index in [0.29, 0.717) is 16.8 Å². The van der Waals surface area contributed by atoms with E-state index < -0.39 is 23.8 Å². The van der Waals surface area contributed by atoms with Crippen molar-refractivity contribution >= 4 is 34.9 Å². The van der Waals surface area contributed by atoms with Crippen LogP contribution in [0, 0.1) is 11.6 Å². The smallest absolute Gasteiger partial charge is 0.319 e. The number of anilines is 1. The van der Waals surface area contributed by atoms with Crippen LogP contribution in [0.4, 0.5) is 19.3 Å². The SMILES string of the molecule is O=C(NC[C@H](O)c1ccc(F)cc1F)Nc1cc(Cl)ccc1Cl. The number of carbonyl (C=O) groups excluding carboxylic acids is 1. The van der Waals surface area contributed by atoms with E-state index in [-0.39, 0.29) is 17.1 Å². The molecule has 122 valence electrons. The van der Waals surface area contributed by atoms with Gasteiger partial charge >= 0.3 is 6.03 Å². The lowest BCUT2D eigenvalue weighted by Crippen LogP contribution is -2.32. The molecule has 0 aromatic heterocycles. The first-order valence-corrected chi connectivity index (χ1v) is 7.25. The number of nitrogens with one attached hydrogen (secondary N) is 2. The summed E-state index contributed by atoms with van der Waals surface area (Å²) in [4.78, 5) is 11.8. The second kappa shape index (κ2) is 7.59. The van der Waals surface area contributed by atoms with Crippen LogP contribution >= 0.6 is 23.2 Å². The van der Waals surface area contributed by atoms with E-state index >= 15 is 0 Å². The number of benzene rings is 2. The highest BCUT2D eigenvalue weighted by atomic mass is 35.5. The molecule has 0 fully saturated rings. The first-order valence-electron chi connectivity index (χ1n) is 6.49. The second-order valence-corrected chi connectivity index (χ2v) is 5.48. The fourth-order valence-corrected chi connectivity index (χ4v) is 2.17. The van der Waals surface area contributed by atoms with Gasteiger partial charge in [0, 0.05) is 23.2 Å². The molecule has 0 saturated carbocycles. The molecule has 1 atom stereocenters. The monoisotopic (exact) mass is 360 g/mol. The average Bonchev–Trinajstić information content (AvgIpc) is 2.48. The molecule has 0 bridgehead atoms. The first kappa shape index (κ1) is 17.5. The van der Waals surface area contributed by atoms with Crippen molar-refractivity contribution in [3.63, 3.8) is 0 Å². The van der Waals surface area contributed by atoms with E-state index in [2.05, 4.69) is 10.6 Å². The molecule has 0 unspecified atom stereocenters. The highest BCUT2D eigenvalue weighted by molar-refractivity contribution is 6.35. The second-order valence-electron chi connectivity index (χ2n) is 4.64. The number of rotatable bonds is 4. The number of aliphatic hydroxyl groups excluding tert-OH is 1. The molecular weight excluding hydrogens is 349 g/mol. The Morgan fingerprint density at radius 3 is 2.61 bits per heavy atom. The van der Waals surface area contributed by atoms with Gasteiger partial charge in [-0.3, -0.25) is 0 Å². The van der Waals surface area contributed by atoms with Gasteiger partial charge in [-0.1, -0.05) is 29.3 Å². The number of halogens is 4. The Balaban J connectivity index is 1.94. The summed E-state index contributed by atoms with van der Waals surface area (Å²) in [5, 5.41) is 15.3. The fourth-order valence-electron chi connectivity index (χ4n) is 1.83. The normalized spacial score (nSPS) is 11.9. The van der Waals surface area contributed by atoms with Crippen molar-refractivity contribution in [3.8, 4) is 0 Å². The predicted octanol–water partition coefficient (Wildman–Crippen LogP) is 4.13. The minimum atomic E-state index is -1.32. The maximum absolute atomic E-state index is 13.5. The van der Waals surface area contributed by atoms with Crippen LogP contribution in [0.15, 0.2) is 36.4 Å². The van der Waals surface area contributed by atoms with Gasteiger partial charge in [0.05, 0.1) is 16.8 Å². The van der Waals surface area contributed by atoms with Crippen molar-refractivity contribution in [1.29, 1.82) is 0 Å². The van der Waals surface area contributed by atoms with Gasteiger partial charge in [0.2, 0.25) is 0 Å². The first-order chi connectivity index (χ1) is 10.9. The third-order valence-corrected chi connectivity index (χ3v) is 3.52. The topological polar surface area (TPSA) is 61.4 Å². The minimum Gasteiger partial charge on any atom is -0.386 e. The molecule has 3 N–H and O–H groups in total. The van der Waals surface area contributed by atoms with Crippen LogP contribution in [-0.2, 0) is 0 Å². The maximum Gasteiger partial charge on any atom is 0.319 e. The molecule has 0 heterocycles. The van der Waals surface area contributed by atoms with Gasteiger partial charge in [-0.25, -0.2) is 13.6 Å². The third-order valence-electron chi connectivity index (χ3n) is 2.95. The zero-order chi connectivity index (χ0) is 17.0. The van der Waals surface area contributed by atoms with E-state index in [0.717, 1.165) is 12.1 Å². The lowest BCUT2D eigenvalue weighted by atomic mass is 10.1. The highest BCUT2D eigenvalue weighted by Gasteiger charge is 2.15. The van der Waals surface area contributed by atoms with Crippen molar-refractivity contribution in [2.45, 2.75) is 6.10 Å². The molecule has 0 aliphatic rings. The Bertz CT molecular complexity index is 729. The lowest BCUT2D eigenvalue weighted by molar-refractivity contribution is 0.170. The van der Waals surface area contributed by atoms with Crippen molar-refractivity contribution in [3.05, 3.63) is 63.6 Å². The van der Waals surface area contributed by atoms with Crippen LogP contribution in [0.25, 0.3) is 0 Å². The number of aliphatic hydroxyl groups is 1. The van der Waals surface area contributed by atoms with Gasteiger partial charge in [0.1, 0.15) is 11.6 Å². The number of hydrogen-bond donors (Lipinski definition) is 3. The average molecular weight is 361 g/mol. The Hall–Kier alpha value is -1.89. The molecule has 2 aromatic carbocycles. The molecule has 4 nitrogen and oxygen atoms in total. The summed E-state index contributed by atoms with van der Waals surface area (Å²) in [6.45, 7) is -0.271. The lowest BCUT2D eigenvalue weighted by Gasteiger charge is -2.14. The van der Waals surface area contributed by atoms with Crippen molar-refractivity contribution in [1.82, 2.24) is 5.32 Å². The van der Waals surface area contributed by atoms with Crippen LogP contribution in [0.2, 0.25) is 10.0 Å². The van der Waals surface area contributed by atoms with Crippen LogP contribution in [0.1, 0.15) is 11.7 Å². The molecule has 0 spiro atoms. The molecule has 0 radical (unpaired) electrons.